The van der Waals surface area contributed by atoms with E-state index in [1.807, 2.05) is 63.2 Å². The van der Waals surface area contributed by atoms with Crippen LogP contribution in [0.25, 0.3) is 22.2 Å². The van der Waals surface area contributed by atoms with Crippen LogP contribution >= 0.6 is 0 Å². The number of para-hydroxylation sites is 1. The SMILES string of the molecule is CC(C)(C)C(NC(=O)c1cccc2c1-c1ccccc1C2=O)n1nnc2ccccc21. The van der Waals surface area contributed by atoms with E-state index in [0.29, 0.717) is 22.3 Å². The van der Waals surface area contributed by atoms with Crippen LogP contribution in [0.1, 0.15) is 53.2 Å². The summed E-state index contributed by atoms with van der Waals surface area (Å²) < 4.78 is 1.76. The van der Waals surface area contributed by atoms with Gasteiger partial charge in [-0.1, -0.05) is 74.5 Å². The summed E-state index contributed by atoms with van der Waals surface area (Å²) in [6, 6.07) is 20.4. The molecule has 0 radical (unpaired) electrons. The number of ketones is 1. The van der Waals surface area contributed by atoms with Crippen LogP contribution in [0, 0.1) is 5.41 Å². The highest BCUT2D eigenvalue weighted by molar-refractivity contribution is 6.24. The lowest BCUT2D eigenvalue weighted by Gasteiger charge is -2.31. The highest BCUT2D eigenvalue weighted by atomic mass is 16.2. The number of amides is 1. The molecule has 5 rings (SSSR count). The second-order valence-corrected chi connectivity index (χ2v) is 8.87. The van der Waals surface area contributed by atoms with E-state index in [0.717, 1.165) is 16.6 Å². The predicted octanol–water partition coefficient (Wildman–Crippen LogP) is 4.62. The average Bonchev–Trinajstić information content (AvgIpc) is 3.31. The van der Waals surface area contributed by atoms with Crippen molar-refractivity contribution >= 4 is 22.7 Å². The van der Waals surface area contributed by atoms with Gasteiger partial charge in [-0.25, -0.2) is 4.68 Å². The molecule has 0 saturated heterocycles. The van der Waals surface area contributed by atoms with Crippen LogP contribution in [0.5, 0.6) is 0 Å². The van der Waals surface area contributed by atoms with Gasteiger partial charge in [0.2, 0.25) is 0 Å². The Hall–Kier alpha value is -3.80. The molecule has 4 aromatic rings. The van der Waals surface area contributed by atoms with Crippen LogP contribution in [-0.2, 0) is 0 Å². The molecule has 1 amide bonds. The van der Waals surface area contributed by atoms with Crippen LogP contribution in [0.2, 0.25) is 0 Å². The quantitative estimate of drug-likeness (QED) is 0.471. The lowest BCUT2D eigenvalue weighted by atomic mass is 9.91. The van der Waals surface area contributed by atoms with E-state index in [1.165, 1.54) is 0 Å². The zero-order chi connectivity index (χ0) is 21.8. The molecule has 0 bridgehead atoms. The van der Waals surface area contributed by atoms with E-state index < -0.39 is 6.17 Å². The number of nitrogens with one attached hydrogen (secondary N) is 1. The first-order valence-corrected chi connectivity index (χ1v) is 10.2. The molecule has 1 aliphatic carbocycles. The van der Waals surface area contributed by atoms with Gasteiger partial charge in [0.25, 0.3) is 5.91 Å². The fraction of sp³-hybridized carbons (Fsp3) is 0.200. The van der Waals surface area contributed by atoms with Crippen molar-refractivity contribution < 1.29 is 9.59 Å². The smallest absolute Gasteiger partial charge is 0.253 e. The third-order valence-corrected chi connectivity index (χ3v) is 5.70. The van der Waals surface area contributed by atoms with Crippen molar-refractivity contribution in [2.45, 2.75) is 26.9 Å². The van der Waals surface area contributed by atoms with Crippen molar-refractivity contribution in [3.63, 3.8) is 0 Å². The minimum Gasteiger partial charge on any atom is -0.330 e. The molecule has 1 heterocycles. The normalized spacial score (nSPS) is 13.7. The molecule has 0 fully saturated rings. The van der Waals surface area contributed by atoms with E-state index in [1.54, 1.807) is 28.9 Å². The van der Waals surface area contributed by atoms with E-state index in [4.69, 9.17) is 0 Å². The van der Waals surface area contributed by atoms with Crippen LogP contribution in [0.4, 0.5) is 0 Å². The lowest BCUT2D eigenvalue weighted by molar-refractivity contribution is 0.0844. The molecule has 154 valence electrons. The van der Waals surface area contributed by atoms with Crippen molar-refractivity contribution in [3.05, 3.63) is 83.4 Å². The monoisotopic (exact) mass is 410 g/mol. The van der Waals surface area contributed by atoms with Gasteiger partial charge in [0.15, 0.2) is 5.78 Å². The summed E-state index contributed by atoms with van der Waals surface area (Å²) in [6.45, 7) is 6.13. The van der Waals surface area contributed by atoms with Gasteiger partial charge in [0.1, 0.15) is 11.7 Å². The molecule has 1 aromatic heterocycles. The third kappa shape index (κ3) is 3.03. The maximum atomic E-state index is 13.5. The second kappa shape index (κ2) is 6.87. The van der Waals surface area contributed by atoms with Gasteiger partial charge in [0.05, 0.1) is 5.52 Å². The summed E-state index contributed by atoms with van der Waals surface area (Å²) >= 11 is 0. The summed E-state index contributed by atoms with van der Waals surface area (Å²) in [5, 5.41) is 11.7. The van der Waals surface area contributed by atoms with Crippen LogP contribution in [-0.4, -0.2) is 26.7 Å². The molecule has 3 aromatic carbocycles. The number of fused-ring (bicyclic) bond motifs is 4. The van der Waals surface area contributed by atoms with Gasteiger partial charge < -0.3 is 5.32 Å². The van der Waals surface area contributed by atoms with Gasteiger partial charge in [-0.15, -0.1) is 5.10 Å². The Labute approximate surface area is 179 Å². The van der Waals surface area contributed by atoms with E-state index in [2.05, 4.69) is 15.6 Å². The summed E-state index contributed by atoms with van der Waals surface area (Å²) in [5.74, 6) is -0.296. The third-order valence-electron chi connectivity index (χ3n) is 5.70. The fourth-order valence-electron chi connectivity index (χ4n) is 4.19. The molecule has 0 spiro atoms. The Morgan fingerprint density at radius 1 is 0.903 bits per heavy atom. The number of aromatic nitrogens is 3. The molecule has 1 N–H and O–H groups in total. The van der Waals surface area contributed by atoms with Crippen molar-refractivity contribution in [3.8, 4) is 11.1 Å². The standard InChI is InChI=1S/C25H22N4O2/c1-25(2,3)24(29-20-14-7-6-13-19(20)27-28-29)26-23(31)18-12-8-11-17-21(18)15-9-4-5-10-16(15)22(17)30/h4-14,24H,1-3H3,(H,26,31). The molecule has 0 aliphatic heterocycles. The maximum Gasteiger partial charge on any atom is 0.253 e. The highest BCUT2D eigenvalue weighted by Crippen LogP contribution is 2.39. The lowest BCUT2D eigenvalue weighted by Crippen LogP contribution is -2.41. The number of rotatable bonds is 3. The van der Waals surface area contributed by atoms with Crippen LogP contribution in [0.15, 0.2) is 66.7 Å². The molecule has 0 saturated carbocycles. The Kier molecular flexibility index (Phi) is 4.25. The van der Waals surface area contributed by atoms with E-state index in [-0.39, 0.29) is 17.1 Å². The average molecular weight is 410 g/mol. The molecule has 6 heteroatoms. The van der Waals surface area contributed by atoms with Crippen molar-refractivity contribution in [1.29, 1.82) is 0 Å². The fourth-order valence-corrected chi connectivity index (χ4v) is 4.19. The summed E-state index contributed by atoms with van der Waals surface area (Å²) in [4.78, 5) is 26.3. The minimum absolute atomic E-state index is 0.0464. The molecule has 6 nitrogen and oxygen atoms in total. The zero-order valence-corrected chi connectivity index (χ0v) is 17.6. The Morgan fingerprint density at radius 3 is 2.35 bits per heavy atom. The maximum absolute atomic E-state index is 13.5. The predicted molar refractivity (Wildman–Crippen MR) is 119 cm³/mol. The zero-order valence-electron chi connectivity index (χ0n) is 17.6. The Balaban J connectivity index is 1.58. The van der Waals surface area contributed by atoms with Crippen molar-refractivity contribution in [2.24, 2.45) is 5.41 Å². The number of hydrogen-bond donors (Lipinski definition) is 1. The molecular formula is C25H22N4O2. The summed E-state index contributed by atoms with van der Waals surface area (Å²) in [5.41, 5.74) is 4.45. The topological polar surface area (TPSA) is 76.9 Å². The van der Waals surface area contributed by atoms with Gasteiger partial charge >= 0.3 is 0 Å². The van der Waals surface area contributed by atoms with Gasteiger partial charge in [-0.05, 0) is 23.8 Å². The molecule has 1 aliphatic rings. The van der Waals surface area contributed by atoms with Crippen LogP contribution in [0.3, 0.4) is 0 Å². The van der Waals surface area contributed by atoms with Gasteiger partial charge in [-0.3, -0.25) is 9.59 Å². The Morgan fingerprint density at radius 2 is 1.58 bits per heavy atom. The number of carbonyl (C=O) groups is 2. The van der Waals surface area contributed by atoms with E-state index in [9.17, 15) is 9.59 Å². The number of carbonyl (C=O) groups excluding carboxylic acids is 2. The molecule has 1 atom stereocenters. The second-order valence-electron chi connectivity index (χ2n) is 8.87. The highest BCUT2D eigenvalue weighted by Gasteiger charge is 2.34. The van der Waals surface area contributed by atoms with Crippen molar-refractivity contribution in [2.75, 3.05) is 0 Å². The van der Waals surface area contributed by atoms with Gasteiger partial charge in [0, 0.05) is 27.7 Å². The summed E-state index contributed by atoms with van der Waals surface area (Å²) in [6.07, 6.45) is -0.435. The molecule has 31 heavy (non-hydrogen) atoms. The largest absolute Gasteiger partial charge is 0.330 e. The summed E-state index contributed by atoms with van der Waals surface area (Å²) in [7, 11) is 0. The number of nitrogens with zero attached hydrogens (tertiary/aromatic N) is 3. The number of benzene rings is 3. The first-order valence-electron chi connectivity index (χ1n) is 10.2. The molecular weight excluding hydrogens is 388 g/mol. The Bertz CT molecular complexity index is 1350. The van der Waals surface area contributed by atoms with E-state index >= 15 is 0 Å². The molecule has 1 unspecified atom stereocenters. The van der Waals surface area contributed by atoms with Crippen LogP contribution < -0.4 is 5.32 Å². The van der Waals surface area contributed by atoms with Gasteiger partial charge in [-0.2, -0.15) is 0 Å². The first-order chi connectivity index (χ1) is 14.9. The number of hydrogen-bond acceptors (Lipinski definition) is 4. The van der Waals surface area contributed by atoms with Crippen molar-refractivity contribution in [1.82, 2.24) is 20.3 Å². The minimum atomic E-state index is -0.435. The first kappa shape index (κ1) is 19.2.